The third-order valence-electron chi connectivity index (χ3n) is 4.97. The second-order valence-electron chi connectivity index (χ2n) is 8.55. The van der Waals surface area contributed by atoms with Crippen molar-refractivity contribution in [2.75, 3.05) is 7.04 Å². The Hall–Kier alpha value is -2.12. The summed E-state index contributed by atoms with van der Waals surface area (Å²) in [6.07, 6.45) is 2.91. The Kier molecular flexibility index (Phi) is 8.27. The summed E-state index contributed by atoms with van der Waals surface area (Å²) in [5, 5.41) is -0.312. The number of sulfonamides is 1. The van der Waals surface area contributed by atoms with Crippen LogP contribution in [0.3, 0.4) is 0 Å². The largest absolute Gasteiger partial charge is 1.00 e. The molecule has 4 aromatic rings. The molecular formula is C25H23ClKN5O4S. The molecular weight excluding hydrogens is 541 g/mol. The van der Waals surface area contributed by atoms with E-state index < -0.39 is 22.9 Å². The summed E-state index contributed by atoms with van der Waals surface area (Å²) in [7, 11) is -7.08. The van der Waals surface area contributed by atoms with E-state index in [4.69, 9.17) is 25.2 Å². The van der Waals surface area contributed by atoms with Crippen LogP contribution in [0.15, 0.2) is 71.9 Å². The van der Waals surface area contributed by atoms with Crippen molar-refractivity contribution < 1.29 is 73.4 Å². The number of halogens is 1. The minimum Gasteiger partial charge on any atom is -0.493 e. The van der Waals surface area contributed by atoms with E-state index in [2.05, 4.69) is 24.7 Å². The fourth-order valence-corrected chi connectivity index (χ4v) is 4.24. The van der Waals surface area contributed by atoms with E-state index in [0.29, 0.717) is 0 Å². The fourth-order valence-electron chi connectivity index (χ4n) is 3.10. The molecule has 2 heterocycles. The molecule has 0 amide bonds. The summed E-state index contributed by atoms with van der Waals surface area (Å²) < 4.78 is 63.6. The smallest absolute Gasteiger partial charge is 0.493 e. The number of hydrogen-bond donors (Lipinski definition) is 0. The molecule has 0 fully saturated rings. The summed E-state index contributed by atoms with van der Waals surface area (Å²) in [5.41, 5.74) is 0.750. The van der Waals surface area contributed by atoms with Crippen LogP contribution in [0.4, 0.5) is 5.82 Å². The molecule has 4 rings (SSSR count). The average Bonchev–Trinajstić information content (AvgIpc) is 2.86. The topological polar surface area (TPSA) is 118 Å². The Bertz CT molecular complexity index is 1590. The van der Waals surface area contributed by atoms with Crippen LogP contribution in [0.1, 0.15) is 30.4 Å². The first-order chi connectivity index (χ1) is 18.2. The van der Waals surface area contributed by atoms with Gasteiger partial charge in [0.05, 0.1) is 21.9 Å². The fraction of sp³-hybridized carbons (Fsp3) is 0.200. The predicted molar refractivity (Wildman–Crippen MR) is 136 cm³/mol. The third-order valence-corrected chi connectivity index (χ3v) is 6.51. The number of para-hydroxylation sites is 2. The Labute approximate surface area is 267 Å². The van der Waals surface area contributed by atoms with Gasteiger partial charge < -0.3 is 19.2 Å². The van der Waals surface area contributed by atoms with Gasteiger partial charge in [-0.05, 0) is 47.1 Å². The van der Waals surface area contributed by atoms with Crippen molar-refractivity contribution >= 4 is 27.4 Å². The van der Waals surface area contributed by atoms with Gasteiger partial charge in [0.2, 0.25) is 10.0 Å². The molecule has 12 heteroatoms. The predicted octanol–water partition coefficient (Wildman–Crippen LogP) is 3.08. The van der Waals surface area contributed by atoms with Crippen molar-refractivity contribution in [1.82, 2.24) is 19.9 Å². The molecule has 9 nitrogen and oxygen atoms in total. The van der Waals surface area contributed by atoms with E-state index in [0.717, 1.165) is 5.56 Å². The molecule has 0 saturated carbocycles. The van der Waals surface area contributed by atoms with E-state index in [1.165, 1.54) is 36.7 Å². The van der Waals surface area contributed by atoms with Crippen molar-refractivity contribution in [2.24, 2.45) is 0 Å². The number of nitrogens with zero attached hydrogens (tertiary/aromatic N) is 5. The number of hydrogen-bond acceptors (Lipinski definition) is 8. The first kappa shape index (κ1) is 25.2. The van der Waals surface area contributed by atoms with Crippen LogP contribution in [0.25, 0.3) is 16.4 Å². The minimum absolute atomic E-state index is 0. The number of benzene rings is 2. The van der Waals surface area contributed by atoms with E-state index >= 15 is 0 Å². The molecule has 0 unspecified atom stereocenters. The normalized spacial score (nSPS) is 12.9. The summed E-state index contributed by atoms with van der Waals surface area (Å²) in [4.78, 5) is 16.4. The summed E-state index contributed by atoms with van der Waals surface area (Å²) in [5.74, 6) is -1.03. The van der Waals surface area contributed by atoms with Gasteiger partial charge in [-0.15, -0.1) is 0 Å². The van der Waals surface area contributed by atoms with Crippen LogP contribution in [0.2, 0.25) is 5.15 Å². The van der Waals surface area contributed by atoms with Crippen LogP contribution < -0.4 is 60.9 Å². The molecule has 186 valence electrons. The van der Waals surface area contributed by atoms with Crippen molar-refractivity contribution in [1.29, 1.82) is 0 Å². The van der Waals surface area contributed by atoms with Crippen LogP contribution in [-0.2, 0) is 15.4 Å². The molecule has 0 saturated heterocycles. The molecule has 0 aliphatic heterocycles. The van der Waals surface area contributed by atoms with Crippen molar-refractivity contribution in [2.45, 2.75) is 31.1 Å². The molecule has 2 aromatic carbocycles. The van der Waals surface area contributed by atoms with Gasteiger partial charge in [0.15, 0.2) is 28.2 Å². The van der Waals surface area contributed by atoms with Crippen molar-refractivity contribution in [3.8, 4) is 28.9 Å². The number of ether oxygens (including phenoxy) is 2. The summed E-state index contributed by atoms with van der Waals surface area (Å²) in [6, 6.07) is 13.8. The van der Waals surface area contributed by atoms with Crippen molar-refractivity contribution in [3.63, 3.8) is 0 Å². The molecule has 0 N–H and O–H groups in total. The van der Waals surface area contributed by atoms with Gasteiger partial charge in [-0.2, -0.15) is 0 Å². The quantitative estimate of drug-likeness (QED) is 0.247. The Balaban J connectivity index is 0.00000441. The maximum Gasteiger partial charge on any atom is 1.00 e. The zero-order valence-corrected chi connectivity index (χ0v) is 25.2. The monoisotopic (exact) mass is 566 g/mol. The second-order valence-corrected chi connectivity index (χ2v) is 10.5. The first-order valence-electron chi connectivity index (χ1n) is 12.1. The Morgan fingerprint density at radius 1 is 0.919 bits per heavy atom. The molecule has 0 spiro atoms. The van der Waals surface area contributed by atoms with Gasteiger partial charge in [-0.1, -0.05) is 56.6 Å². The first-order valence-corrected chi connectivity index (χ1v) is 12.4. The van der Waals surface area contributed by atoms with Gasteiger partial charge in [-0.3, -0.25) is 0 Å². The number of rotatable bonds is 7. The van der Waals surface area contributed by atoms with Crippen LogP contribution >= 0.6 is 11.6 Å². The van der Waals surface area contributed by atoms with E-state index in [1.54, 1.807) is 30.3 Å². The summed E-state index contributed by atoms with van der Waals surface area (Å²) in [6.45, 7) is 6.02. The third kappa shape index (κ3) is 7.05. The molecule has 0 atom stereocenters. The molecule has 2 aromatic heterocycles. The zero-order valence-electron chi connectivity index (χ0n) is 23.5. The van der Waals surface area contributed by atoms with Crippen LogP contribution in [-0.4, -0.2) is 35.4 Å². The van der Waals surface area contributed by atoms with Gasteiger partial charge >= 0.3 is 51.4 Å². The van der Waals surface area contributed by atoms with E-state index in [1.807, 2.05) is 20.8 Å². The molecule has 37 heavy (non-hydrogen) atoms. The number of methoxy groups -OCH3 is 1. The van der Waals surface area contributed by atoms with E-state index in [-0.39, 0.29) is 95.7 Å². The maximum absolute atomic E-state index is 13.3. The second kappa shape index (κ2) is 12.2. The molecule has 0 aliphatic rings. The van der Waals surface area contributed by atoms with Crippen LogP contribution in [0.5, 0.6) is 17.2 Å². The van der Waals surface area contributed by atoms with Gasteiger partial charge in [0.25, 0.3) is 0 Å². The van der Waals surface area contributed by atoms with Crippen molar-refractivity contribution in [3.05, 3.63) is 82.4 Å². The van der Waals surface area contributed by atoms with Gasteiger partial charge in [-0.25, -0.2) is 23.4 Å². The van der Waals surface area contributed by atoms with E-state index in [9.17, 15) is 8.42 Å². The molecule has 0 radical (unpaired) electrons. The standard InChI is InChI=1S/C25H23ClN5O4S.K/c1-25(2,3)16-10-12-17(13-11-16)36(32,33)31-22-20(35-19-9-6-5-8-18(19)34-4)21(26)29-24(30-22)23-27-14-7-15-28-23;/h5-15H,1-4H3;/q-1;+1/i4D3;. The van der Waals surface area contributed by atoms with Gasteiger partial charge in [0.1, 0.15) is 0 Å². The Morgan fingerprint density at radius 3 is 2.19 bits per heavy atom. The SMILES string of the molecule is [2H]C([2H])([2H])Oc1ccccc1Oc1c(Cl)nc(-c2ncccn2)nc1[N-]S(=O)(=O)c1ccc(C(C)(C)C)cc1.[K+]. The summed E-state index contributed by atoms with van der Waals surface area (Å²) >= 11 is 6.43. The zero-order chi connectivity index (χ0) is 28.4. The molecule has 0 aliphatic carbocycles. The maximum atomic E-state index is 13.3. The van der Waals surface area contributed by atoms with Gasteiger partial charge in [0, 0.05) is 12.4 Å². The average molecular weight is 567 g/mol. The Morgan fingerprint density at radius 2 is 1.57 bits per heavy atom. The minimum atomic E-state index is -4.31. The van der Waals surface area contributed by atoms with Crippen LogP contribution in [0, 0.1) is 0 Å². The number of aromatic nitrogens is 4. The molecule has 0 bridgehead atoms.